The van der Waals surface area contributed by atoms with Gasteiger partial charge in [-0.1, -0.05) is 6.42 Å². The lowest BCUT2D eigenvalue weighted by Gasteiger charge is -2.13. The number of likely N-dealkylation sites (N-methyl/N-ethyl adjacent to an activating group) is 1. The summed E-state index contributed by atoms with van der Waals surface area (Å²) >= 11 is 0. The average Bonchev–Trinajstić information content (AvgIpc) is 3.16. The minimum atomic E-state index is -1.07. The van der Waals surface area contributed by atoms with Gasteiger partial charge in [0, 0.05) is 19.0 Å². The van der Waals surface area contributed by atoms with E-state index in [1.807, 2.05) is 7.05 Å². The molecule has 1 saturated heterocycles. The quantitative estimate of drug-likeness (QED) is 0.311. The Morgan fingerprint density at radius 1 is 1.33 bits per heavy atom. The Morgan fingerprint density at radius 3 is 2.52 bits per heavy atom. The zero-order valence-corrected chi connectivity index (χ0v) is 12.8. The summed E-state index contributed by atoms with van der Waals surface area (Å²) in [4.78, 5) is 22.0. The third-order valence-electron chi connectivity index (χ3n) is 3.79. The first-order valence-electron chi connectivity index (χ1n) is 7.53. The van der Waals surface area contributed by atoms with Crippen LogP contribution in [0.2, 0.25) is 0 Å². The second-order valence-corrected chi connectivity index (χ2v) is 5.53. The lowest BCUT2D eigenvalue weighted by Crippen LogP contribution is -2.33. The van der Waals surface area contributed by atoms with Crippen LogP contribution in [-0.2, 0) is 14.3 Å². The molecule has 0 aromatic carbocycles. The van der Waals surface area contributed by atoms with Gasteiger partial charge in [-0.3, -0.25) is 9.59 Å². The molecule has 7 nitrogen and oxygen atoms in total. The molecule has 0 spiro atoms. The number of amides is 1. The van der Waals surface area contributed by atoms with Gasteiger partial charge < -0.3 is 26.2 Å². The smallest absolute Gasteiger partial charge is 0.320 e. The van der Waals surface area contributed by atoms with Crippen molar-refractivity contribution in [1.82, 2.24) is 10.6 Å². The van der Waals surface area contributed by atoms with Crippen molar-refractivity contribution in [3.8, 4) is 0 Å². The van der Waals surface area contributed by atoms with Gasteiger partial charge in [0.2, 0.25) is 5.91 Å². The molecule has 0 radical (unpaired) electrons. The standard InChI is InChI=1S/C14H27N3O4/c1-9-13(21-9)11(16-2)5-3-4-8-17-12(18)7-6-10(15)14(19)20/h9-11,13,16H,3-8,15H2,1-2H3,(H,17,18)(H,19,20)/t9?,10-,11-,13?/m0/s1. The van der Waals surface area contributed by atoms with E-state index < -0.39 is 12.0 Å². The predicted molar refractivity (Wildman–Crippen MR) is 78.9 cm³/mol. The Morgan fingerprint density at radius 2 is 2.00 bits per heavy atom. The topological polar surface area (TPSA) is 117 Å². The highest BCUT2D eigenvalue weighted by Crippen LogP contribution is 2.26. The first-order valence-corrected chi connectivity index (χ1v) is 7.53. The molecule has 4 atom stereocenters. The molecule has 1 fully saturated rings. The molecule has 0 aromatic rings. The van der Waals surface area contributed by atoms with Crippen molar-refractivity contribution in [3.05, 3.63) is 0 Å². The summed E-state index contributed by atoms with van der Waals surface area (Å²) in [6.07, 6.45) is 3.91. The number of carboxylic acid groups (broad SMARTS) is 1. The highest BCUT2D eigenvalue weighted by atomic mass is 16.6. The lowest BCUT2D eigenvalue weighted by molar-refractivity contribution is -0.138. The Labute approximate surface area is 125 Å². The Hall–Kier alpha value is -1.18. The highest BCUT2D eigenvalue weighted by molar-refractivity contribution is 5.78. The third-order valence-corrected chi connectivity index (χ3v) is 3.79. The Bertz CT molecular complexity index is 351. The van der Waals surface area contributed by atoms with Crippen LogP contribution in [0, 0.1) is 0 Å². The van der Waals surface area contributed by atoms with E-state index in [2.05, 4.69) is 17.6 Å². The van der Waals surface area contributed by atoms with E-state index in [0.717, 1.165) is 19.3 Å². The van der Waals surface area contributed by atoms with Crippen molar-refractivity contribution < 1.29 is 19.4 Å². The number of carboxylic acids is 1. The first kappa shape index (κ1) is 17.9. The van der Waals surface area contributed by atoms with Gasteiger partial charge >= 0.3 is 5.97 Å². The van der Waals surface area contributed by atoms with Gasteiger partial charge in [0.25, 0.3) is 0 Å². The zero-order chi connectivity index (χ0) is 15.8. The number of rotatable bonds is 11. The van der Waals surface area contributed by atoms with Crippen molar-refractivity contribution in [3.63, 3.8) is 0 Å². The molecule has 21 heavy (non-hydrogen) atoms. The van der Waals surface area contributed by atoms with Gasteiger partial charge in [0.1, 0.15) is 6.04 Å². The van der Waals surface area contributed by atoms with Crippen LogP contribution in [0.3, 0.4) is 0 Å². The zero-order valence-electron chi connectivity index (χ0n) is 12.8. The fourth-order valence-corrected chi connectivity index (χ4v) is 2.31. The van der Waals surface area contributed by atoms with E-state index in [1.54, 1.807) is 0 Å². The minimum absolute atomic E-state index is 0.143. The minimum Gasteiger partial charge on any atom is -0.480 e. The van der Waals surface area contributed by atoms with Crippen LogP contribution in [0.5, 0.6) is 0 Å². The van der Waals surface area contributed by atoms with Gasteiger partial charge in [0.15, 0.2) is 0 Å². The molecule has 0 saturated carbocycles. The largest absolute Gasteiger partial charge is 0.480 e. The van der Waals surface area contributed by atoms with Crippen LogP contribution < -0.4 is 16.4 Å². The number of epoxide rings is 1. The monoisotopic (exact) mass is 301 g/mol. The highest BCUT2D eigenvalue weighted by Gasteiger charge is 2.39. The number of ether oxygens (including phenoxy) is 1. The summed E-state index contributed by atoms with van der Waals surface area (Å²) in [7, 11) is 1.94. The molecule has 1 aliphatic rings. The number of unbranched alkanes of at least 4 members (excludes halogenated alkanes) is 1. The van der Waals surface area contributed by atoms with Gasteiger partial charge in [-0.25, -0.2) is 0 Å². The van der Waals surface area contributed by atoms with Crippen LogP contribution >= 0.6 is 0 Å². The third kappa shape index (κ3) is 6.88. The first-order chi connectivity index (χ1) is 9.95. The fourth-order valence-electron chi connectivity index (χ4n) is 2.31. The molecule has 7 heteroatoms. The van der Waals surface area contributed by atoms with Crippen molar-refractivity contribution in [2.75, 3.05) is 13.6 Å². The lowest BCUT2D eigenvalue weighted by atomic mass is 10.0. The summed E-state index contributed by atoms with van der Waals surface area (Å²) in [5, 5.41) is 14.7. The molecular formula is C14H27N3O4. The normalized spacial score (nSPS) is 23.4. The average molecular weight is 301 g/mol. The van der Waals surface area contributed by atoms with E-state index in [1.165, 1.54) is 0 Å². The van der Waals surface area contributed by atoms with E-state index in [-0.39, 0.29) is 18.7 Å². The maximum atomic E-state index is 11.5. The van der Waals surface area contributed by atoms with Crippen LogP contribution in [0.15, 0.2) is 0 Å². The second kappa shape index (κ2) is 8.96. The number of nitrogens with one attached hydrogen (secondary N) is 2. The molecular weight excluding hydrogens is 274 g/mol. The van der Waals surface area contributed by atoms with Gasteiger partial charge in [-0.15, -0.1) is 0 Å². The number of nitrogens with two attached hydrogens (primary N) is 1. The predicted octanol–water partition coefficient (Wildman–Crippen LogP) is -0.160. The van der Waals surface area contributed by atoms with E-state index in [9.17, 15) is 9.59 Å². The Balaban J connectivity index is 2.00. The second-order valence-electron chi connectivity index (χ2n) is 5.53. The van der Waals surface area contributed by atoms with Gasteiger partial charge in [-0.2, -0.15) is 0 Å². The van der Waals surface area contributed by atoms with Crippen molar-refractivity contribution in [1.29, 1.82) is 0 Å². The number of hydrogen-bond donors (Lipinski definition) is 4. The van der Waals surface area contributed by atoms with Crippen molar-refractivity contribution in [2.24, 2.45) is 5.73 Å². The van der Waals surface area contributed by atoms with Crippen molar-refractivity contribution in [2.45, 2.75) is 63.3 Å². The Kier molecular flexibility index (Phi) is 7.63. The molecule has 1 aliphatic heterocycles. The van der Waals surface area contributed by atoms with Crippen LogP contribution in [0.4, 0.5) is 0 Å². The summed E-state index contributed by atoms with van der Waals surface area (Å²) < 4.78 is 5.45. The number of hydrogen-bond acceptors (Lipinski definition) is 5. The molecule has 2 unspecified atom stereocenters. The molecule has 1 rings (SSSR count). The number of carbonyl (C=O) groups excluding carboxylic acids is 1. The molecule has 122 valence electrons. The summed E-state index contributed by atoms with van der Waals surface area (Å²) in [6, 6.07) is -0.586. The summed E-state index contributed by atoms with van der Waals surface area (Å²) in [5.74, 6) is -1.21. The van der Waals surface area contributed by atoms with Gasteiger partial charge in [-0.05, 0) is 33.2 Å². The summed E-state index contributed by atoms with van der Waals surface area (Å²) in [6.45, 7) is 2.68. The fraction of sp³-hybridized carbons (Fsp3) is 0.857. The number of aliphatic carboxylic acids is 1. The van der Waals surface area contributed by atoms with E-state index in [0.29, 0.717) is 24.8 Å². The maximum Gasteiger partial charge on any atom is 0.320 e. The molecule has 1 amide bonds. The van der Waals surface area contributed by atoms with E-state index >= 15 is 0 Å². The molecule has 0 aromatic heterocycles. The maximum absolute atomic E-state index is 11.5. The molecule has 1 heterocycles. The molecule has 0 bridgehead atoms. The SMILES string of the molecule is CN[C@@H](CCCCNC(=O)CC[C@H](N)C(=O)O)C1OC1C. The number of carbonyl (C=O) groups is 2. The van der Waals surface area contributed by atoms with Crippen LogP contribution in [0.1, 0.15) is 39.0 Å². The molecule has 0 aliphatic carbocycles. The van der Waals surface area contributed by atoms with Gasteiger partial charge in [0.05, 0.1) is 12.2 Å². The van der Waals surface area contributed by atoms with Crippen LogP contribution in [-0.4, -0.2) is 54.9 Å². The summed E-state index contributed by atoms with van der Waals surface area (Å²) in [5.41, 5.74) is 5.34. The van der Waals surface area contributed by atoms with E-state index in [4.69, 9.17) is 15.6 Å². The van der Waals surface area contributed by atoms with Crippen LogP contribution in [0.25, 0.3) is 0 Å². The molecule has 5 N–H and O–H groups in total. The van der Waals surface area contributed by atoms with Crippen molar-refractivity contribution >= 4 is 11.9 Å².